The van der Waals surface area contributed by atoms with E-state index >= 15 is 0 Å². The first-order valence-corrected chi connectivity index (χ1v) is 8.43. The van der Waals surface area contributed by atoms with Crippen molar-refractivity contribution in [2.24, 2.45) is 5.41 Å². The van der Waals surface area contributed by atoms with E-state index in [-0.39, 0.29) is 11.3 Å². The maximum Gasteiger partial charge on any atom is 0.227 e. The van der Waals surface area contributed by atoms with Crippen molar-refractivity contribution in [2.75, 3.05) is 13.1 Å². The highest BCUT2D eigenvalue weighted by atomic mass is 79.9. The van der Waals surface area contributed by atoms with Gasteiger partial charge >= 0.3 is 0 Å². The summed E-state index contributed by atoms with van der Waals surface area (Å²) >= 11 is 3.58. The van der Waals surface area contributed by atoms with Gasteiger partial charge in [-0.15, -0.1) is 0 Å². The molecule has 0 aromatic heterocycles. The van der Waals surface area contributed by atoms with Crippen LogP contribution in [0.1, 0.15) is 39.2 Å². The van der Waals surface area contributed by atoms with E-state index in [0.29, 0.717) is 6.04 Å². The van der Waals surface area contributed by atoms with E-state index in [0.717, 1.165) is 36.9 Å². The number of likely N-dealkylation sites (tertiary alicyclic amines) is 1. The lowest BCUT2D eigenvalue weighted by atomic mass is 9.93. The van der Waals surface area contributed by atoms with Gasteiger partial charge in [0, 0.05) is 35.6 Å². The Kier molecular flexibility index (Phi) is 5.44. The second-order valence-electron chi connectivity index (χ2n) is 6.79. The van der Waals surface area contributed by atoms with Crippen LogP contribution in [-0.4, -0.2) is 29.9 Å². The molecule has 0 unspecified atom stereocenters. The molecule has 0 aliphatic carbocycles. The lowest BCUT2D eigenvalue weighted by Gasteiger charge is -2.36. The molecule has 116 valence electrons. The van der Waals surface area contributed by atoms with Crippen molar-refractivity contribution in [1.29, 1.82) is 0 Å². The molecule has 1 aliphatic rings. The molecule has 0 bridgehead atoms. The standard InChI is InChI=1S/C17H25BrN2O/c1-17(2,3)16(21)20-10-8-14(9-11-20)19-12-13-6-4-5-7-15(13)18/h4-7,14,19H,8-12H2,1-3H3. The molecular weight excluding hydrogens is 328 g/mol. The highest BCUT2D eigenvalue weighted by molar-refractivity contribution is 9.10. The van der Waals surface area contributed by atoms with Crippen LogP contribution >= 0.6 is 15.9 Å². The van der Waals surface area contributed by atoms with Crippen LogP contribution in [0.15, 0.2) is 28.7 Å². The van der Waals surface area contributed by atoms with Crippen LogP contribution in [0.2, 0.25) is 0 Å². The minimum Gasteiger partial charge on any atom is -0.342 e. The number of rotatable bonds is 3. The monoisotopic (exact) mass is 352 g/mol. The zero-order valence-corrected chi connectivity index (χ0v) is 14.7. The number of carbonyl (C=O) groups excluding carboxylic acids is 1. The summed E-state index contributed by atoms with van der Waals surface area (Å²) in [7, 11) is 0. The third kappa shape index (κ3) is 4.55. The number of nitrogens with one attached hydrogen (secondary N) is 1. The van der Waals surface area contributed by atoms with E-state index < -0.39 is 0 Å². The van der Waals surface area contributed by atoms with Gasteiger partial charge in [-0.05, 0) is 24.5 Å². The van der Waals surface area contributed by atoms with Crippen molar-refractivity contribution < 1.29 is 4.79 Å². The normalized spacial score (nSPS) is 17.0. The van der Waals surface area contributed by atoms with Crippen molar-refractivity contribution in [1.82, 2.24) is 10.2 Å². The molecule has 1 N–H and O–H groups in total. The molecule has 0 spiro atoms. The molecule has 21 heavy (non-hydrogen) atoms. The number of carbonyl (C=O) groups is 1. The van der Waals surface area contributed by atoms with E-state index in [4.69, 9.17) is 0 Å². The van der Waals surface area contributed by atoms with Crippen LogP contribution in [-0.2, 0) is 11.3 Å². The molecule has 1 aliphatic heterocycles. The fourth-order valence-corrected chi connectivity index (χ4v) is 3.08. The average molecular weight is 353 g/mol. The van der Waals surface area contributed by atoms with E-state index in [9.17, 15) is 4.79 Å². The van der Waals surface area contributed by atoms with Crippen LogP contribution in [0, 0.1) is 5.41 Å². The summed E-state index contributed by atoms with van der Waals surface area (Å²) < 4.78 is 1.15. The Balaban J connectivity index is 1.80. The summed E-state index contributed by atoms with van der Waals surface area (Å²) in [6, 6.07) is 8.80. The minimum absolute atomic E-state index is 0.269. The van der Waals surface area contributed by atoms with Gasteiger partial charge in [-0.1, -0.05) is 54.9 Å². The lowest BCUT2D eigenvalue weighted by Crippen LogP contribution is -2.48. The smallest absolute Gasteiger partial charge is 0.227 e. The summed E-state index contributed by atoms with van der Waals surface area (Å²) in [5.74, 6) is 0.270. The van der Waals surface area contributed by atoms with Gasteiger partial charge in [0.05, 0.1) is 0 Å². The van der Waals surface area contributed by atoms with Crippen LogP contribution in [0.3, 0.4) is 0 Å². The van der Waals surface area contributed by atoms with E-state index in [1.807, 2.05) is 31.7 Å². The molecule has 0 radical (unpaired) electrons. The summed E-state index contributed by atoms with van der Waals surface area (Å²) in [4.78, 5) is 14.3. The Morgan fingerprint density at radius 2 is 1.90 bits per heavy atom. The number of amides is 1. The van der Waals surface area contributed by atoms with Crippen molar-refractivity contribution >= 4 is 21.8 Å². The first kappa shape index (κ1) is 16.5. The van der Waals surface area contributed by atoms with Crippen LogP contribution in [0.25, 0.3) is 0 Å². The van der Waals surface area contributed by atoms with E-state index in [1.54, 1.807) is 0 Å². The fraction of sp³-hybridized carbons (Fsp3) is 0.588. The predicted molar refractivity (Wildman–Crippen MR) is 90.0 cm³/mol. The largest absolute Gasteiger partial charge is 0.342 e. The van der Waals surface area contributed by atoms with E-state index in [1.165, 1.54) is 5.56 Å². The Morgan fingerprint density at radius 3 is 2.48 bits per heavy atom. The second-order valence-corrected chi connectivity index (χ2v) is 7.64. The number of hydrogen-bond acceptors (Lipinski definition) is 2. The Bertz CT molecular complexity index is 488. The minimum atomic E-state index is -0.269. The van der Waals surface area contributed by atoms with Crippen LogP contribution < -0.4 is 5.32 Å². The molecule has 4 heteroatoms. The number of nitrogens with zero attached hydrogens (tertiary/aromatic N) is 1. The van der Waals surface area contributed by atoms with Crippen LogP contribution in [0.5, 0.6) is 0 Å². The average Bonchev–Trinajstić information content (AvgIpc) is 2.45. The van der Waals surface area contributed by atoms with Crippen molar-refractivity contribution in [3.8, 4) is 0 Å². The zero-order valence-electron chi connectivity index (χ0n) is 13.2. The van der Waals surface area contributed by atoms with E-state index in [2.05, 4.69) is 39.4 Å². The highest BCUT2D eigenvalue weighted by Gasteiger charge is 2.30. The predicted octanol–water partition coefficient (Wildman–Crippen LogP) is 3.58. The first-order chi connectivity index (χ1) is 9.88. The SMILES string of the molecule is CC(C)(C)C(=O)N1CCC(NCc2ccccc2Br)CC1. The zero-order chi connectivity index (χ0) is 15.5. The number of piperidine rings is 1. The summed E-state index contributed by atoms with van der Waals surface area (Å²) in [6.45, 7) is 8.58. The molecule has 1 aromatic rings. The molecule has 2 rings (SSSR count). The third-order valence-corrected chi connectivity index (χ3v) is 4.74. The maximum atomic E-state index is 12.2. The Hall–Kier alpha value is -0.870. The van der Waals surface area contributed by atoms with Crippen LogP contribution in [0.4, 0.5) is 0 Å². The molecule has 1 saturated heterocycles. The van der Waals surface area contributed by atoms with Gasteiger partial charge in [-0.3, -0.25) is 4.79 Å². The summed E-state index contributed by atoms with van der Waals surface area (Å²) in [6.07, 6.45) is 2.07. The highest BCUT2D eigenvalue weighted by Crippen LogP contribution is 2.21. The van der Waals surface area contributed by atoms with Gasteiger partial charge in [0.2, 0.25) is 5.91 Å². The molecule has 0 atom stereocenters. The van der Waals surface area contributed by atoms with Gasteiger partial charge in [-0.2, -0.15) is 0 Å². The van der Waals surface area contributed by atoms with Gasteiger partial charge in [0.25, 0.3) is 0 Å². The fourth-order valence-electron chi connectivity index (χ4n) is 2.66. The molecule has 0 saturated carbocycles. The summed E-state index contributed by atoms with van der Waals surface area (Å²) in [5.41, 5.74) is 1.01. The molecule has 1 aromatic carbocycles. The van der Waals surface area contributed by atoms with Gasteiger partial charge in [-0.25, -0.2) is 0 Å². The topological polar surface area (TPSA) is 32.3 Å². The quantitative estimate of drug-likeness (QED) is 0.901. The molecule has 3 nitrogen and oxygen atoms in total. The first-order valence-electron chi connectivity index (χ1n) is 7.64. The maximum absolute atomic E-state index is 12.2. The van der Waals surface area contributed by atoms with Gasteiger partial charge < -0.3 is 10.2 Å². The third-order valence-electron chi connectivity index (χ3n) is 3.96. The van der Waals surface area contributed by atoms with Gasteiger partial charge in [0.15, 0.2) is 0 Å². The van der Waals surface area contributed by atoms with Crippen molar-refractivity contribution in [2.45, 2.75) is 46.2 Å². The Morgan fingerprint density at radius 1 is 1.29 bits per heavy atom. The second kappa shape index (κ2) is 6.93. The molecule has 1 heterocycles. The molecular formula is C17H25BrN2O. The number of hydrogen-bond donors (Lipinski definition) is 1. The van der Waals surface area contributed by atoms with Crippen molar-refractivity contribution in [3.63, 3.8) is 0 Å². The molecule has 1 fully saturated rings. The lowest BCUT2D eigenvalue weighted by molar-refractivity contribution is -0.140. The number of benzene rings is 1. The van der Waals surface area contributed by atoms with Gasteiger partial charge in [0.1, 0.15) is 0 Å². The molecule has 1 amide bonds. The summed E-state index contributed by atoms with van der Waals surface area (Å²) in [5, 5.41) is 3.61. The Labute approximate surface area is 136 Å². The van der Waals surface area contributed by atoms with Crippen molar-refractivity contribution in [3.05, 3.63) is 34.3 Å². The number of halogens is 1.